The van der Waals surface area contributed by atoms with E-state index in [2.05, 4.69) is 441 Å². The minimum absolute atomic E-state index is 0.224. The summed E-state index contributed by atoms with van der Waals surface area (Å²) in [4.78, 5) is 30.9. The van der Waals surface area contributed by atoms with E-state index in [4.69, 9.17) is 29.9 Å². The summed E-state index contributed by atoms with van der Waals surface area (Å²) < 4.78 is 4.13. The monoisotopic (exact) mass is 1780 g/mol. The van der Waals surface area contributed by atoms with Crippen LogP contribution in [0.4, 0.5) is 0 Å². The fourth-order valence-electron chi connectivity index (χ4n) is 18.6. The summed E-state index contributed by atoms with van der Waals surface area (Å²) in [6.07, 6.45) is 18.3. The fraction of sp³-hybridized carbons (Fsp3) is 0.111. The number of aromatic nitrogens is 6. The lowest BCUT2D eigenvalue weighted by molar-refractivity contribution is 0.353. The summed E-state index contributed by atoms with van der Waals surface area (Å²) in [5.74, 6) is 1.40. The molecule has 0 aliphatic heterocycles. The van der Waals surface area contributed by atoms with Crippen LogP contribution in [0.2, 0.25) is 0 Å². The van der Waals surface area contributed by atoms with E-state index in [1.807, 2.05) is 0 Å². The Morgan fingerprint density at radius 2 is 0.331 bits per heavy atom. The van der Waals surface area contributed by atoms with Crippen molar-refractivity contribution in [2.45, 2.75) is 74.0 Å². The Kier molecular flexibility index (Phi) is 22.2. The molecule has 6 aromatic heterocycles. The predicted octanol–water partition coefficient (Wildman–Crippen LogP) is 30.8. The van der Waals surface area contributed by atoms with Crippen molar-refractivity contribution in [2.75, 3.05) is 0 Å². The average Bonchev–Trinajstić information content (AvgIpc) is 0.768. The minimum atomic E-state index is 0.224. The number of rotatable bonds is 18. The molecule has 2 fully saturated rings. The standard InChI is InChI=1S/C108H80Br4N6/c109-87-24-14-20-71(59-87)105-48-42-77(65-115-105)93-30-3-9-36-99(93)83-53-81(54-84(57-83)100-37-10-4-31-94(100)78-43-49-106(116-66-78)72-21-15-25-88(110)60-72)97-34-7-1-28-91(97)75-40-46-103(113-63-75)69-18-13-19-70(52-69)104-47-41-76(64-114-104)92-29-2-8-35-98(92)82-55-85(101-38-11-5-32-95(101)79-44-50-107(117-67-79)73-22-16-26-89(111)61-73)58-86(56-82)102-39-12-6-33-96(102)80-45-51-108(118-68-80)74-23-17-27-90(112)62-74/h1-52,59-68,81-86H,53-58H2. The van der Waals surface area contributed by atoms with Crippen LogP contribution in [0.1, 0.15) is 107 Å². The number of benzene rings is 11. The van der Waals surface area contributed by atoms with E-state index in [1.165, 1.54) is 66.8 Å². The van der Waals surface area contributed by atoms with Gasteiger partial charge >= 0.3 is 0 Å². The van der Waals surface area contributed by atoms with Gasteiger partial charge in [0.2, 0.25) is 0 Å². The summed E-state index contributed by atoms with van der Waals surface area (Å²) in [5, 5.41) is 0. The minimum Gasteiger partial charge on any atom is -0.256 e. The van der Waals surface area contributed by atoms with Crippen LogP contribution >= 0.6 is 63.7 Å². The van der Waals surface area contributed by atoms with Crippen molar-refractivity contribution in [3.8, 4) is 134 Å². The molecule has 6 heterocycles. The van der Waals surface area contributed by atoms with Crippen LogP contribution in [0.5, 0.6) is 0 Å². The number of hydrogen-bond donors (Lipinski definition) is 0. The Hall–Kier alpha value is -11.8. The Morgan fingerprint density at radius 3 is 0.500 bits per heavy atom. The van der Waals surface area contributed by atoms with E-state index in [0.29, 0.717) is 0 Å². The van der Waals surface area contributed by atoms with Crippen LogP contribution in [0.3, 0.4) is 0 Å². The SMILES string of the molecule is Brc1cccc(-c2ccc(-c3ccccc3C3CC(c4ccccc4-c4ccc(-c5cccc(Br)c5)nc4)CC(c4ccccc4-c4ccc(-c5cccc(-c6ccc(-c7ccccc7C7CC(c8ccccc8-c8ccc(-c9cccc(Br)c9)nc8)CC(c8ccccc8-c8ccc(-c9cccc(Br)c9)nc8)C7)cn6)c5)nc4)C3)cn2)c1. The molecular weight excluding hydrogens is 1700 g/mol. The molecule has 17 aromatic rings. The molecule has 2 saturated carbocycles. The van der Waals surface area contributed by atoms with Gasteiger partial charge in [-0.15, -0.1) is 0 Å². The highest BCUT2D eigenvalue weighted by molar-refractivity contribution is 9.11. The highest BCUT2D eigenvalue weighted by Crippen LogP contribution is 2.55. The molecule has 2 aliphatic rings. The largest absolute Gasteiger partial charge is 0.256 e. The first-order valence-corrected chi connectivity index (χ1v) is 43.7. The third-order valence-electron chi connectivity index (χ3n) is 24.2. The molecule has 10 heteroatoms. The predicted molar refractivity (Wildman–Crippen MR) is 499 cm³/mol. The first-order chi connectivity index (χ1) is 58.1. The zero-order chi connectivity index (χ0) is 79.4. The van der Waals surface area contributed by atoms with Crippen molar-refractivity contribution in [1.29, 1.82) is 0 Å². The van der Waals surface area contributed by atoms with Crippen LogP contribution in [-0.4, -0.2) is 29.9 Å². The van der Waals surface area contributed by atoms with Crippen molar-refractivity contribution in [3.05, 3.63) is 428 Å². The Balaban J connectivity index is 0.609. The van der Waals surface area contributed by atoms with Crippen molar-refractivity contribution in [3.63, 3.8) is 0 Å². The highest BCUT2D eigenvalue weighted by Gasteiger charge is 2.37. The van der Waals surface area contributed by atoms with Gasteiger partial charge in [-0.3, -0.25) is 29.9 Å². The number of pyridine rings is 6. The van der Waals surface area contributed by atoms with Crippen LogP contribution in [0.15, 0.2) is 395 Å². The maximum atomic E-state index is 5.31. The van der Waals surface area contributed by atoms with Crippen LogP contribution in [0.25, 0.3) is 134 Å². The molecule has 0 saturated heterocycles. The van der Waals surface area contributed by atoms with Gasteiger partial charge in [-0.05, 0) is 232 Å². The molecule has 0 spiro atoms. The zero-order valence-corrected chi connectivity index (χ0v) is 71.0. The molecule has 4 atom stereocenters. The van der Waals surface area contributed by atoms with E-state index < -0.39 is 0 Å². The van der Waals surface area contributed by atoms with Crippen molar-refractivity contribution in [1.82, 2.24) is 29.9 Å². The van der Waals surface area contributed by atoms with Gasteiger partial charge in [-0.25, -0.2) is 0 Å². The number of halogens is 4. The van der Waals surface area contributed by atoms with Gasteiger partial charge in [-0.2, -0.15) is 0 Å². The summed E-state index contributed by atoms with van der Waals surface area (Å²) in [5.41, 5.74) is 34.1. The highest BCUT2D eigenvalue weighted by atomic mass is 79.9. The maximum Gasteiger partial charge on any atom is 0.0702 e. The van der Waals surface area contributed by atoms with Gasteiger partial charge in [0.25, 0.3) is 0 Å². The molecule has 19 rings (SSSR count). The van der Waals surface area contributed by atoms with Gasteiger partial charge in [0.1, 0.15) is 0 Å². The molecule has 4 unspecified atom stereocenters. The van der Waals surface area contributed by atoms with Gasteiger partial charge < -0.3 is 0 Å². The third kappa shape index (κ3) is 16.4. The third-order valence-corrected chi connectivity index (χ3v) is 26.2. The molecule has 0 bridgehead atoms. The first kappa shape index (κ1) is 76.2. The lowest BCUT2D eigenvalue weighted by Crippen LogP contribution is -2.21. The smallest absolute Gasteiger partial charge is 0.0702 e. The van der Waals surface area contributed by atoms with E-state index in [9.17, 15) is 0 Å². The summed E-state index contributed by atoms with van der Waals surface area (Å²) in [7, 11) is 0. The van der Waals surface area contributed by atoms with Crippen molar-refractivity contribution >= 4 is 63.7 Å². The summed E-state index contributed by atoms with van der Waals surface area (Å²) in [6, 6.07) is 123. The van der Waals surface area contributed by atoms with Crippen LogP contribution in [0, 0.1) is 0 Å². The quantitative estimate of drug-likeness (QED) is 0.0852. The second-order valence-corrected chi connectivity index (χ2v) is 35.0. The summed E-state index contributed by atoms with van der Waals surface area (Å²) in [6.45, 7) is 0. The fourth-order valence-corrected chi connectivity index (χ4v) is 20.2. The van der Waals surface area contributed by atoms with Gasteiger partial charge in [0, 0.05) is 122 Å². The second-order valence-electron chi connectivity index (χ2n) is 31.3. The van der Waals surface area contributed by atoms with E-state index >= 15 is 0 Å². The molecule has 2 aliphatic carbocycles. The van der Waals surface area contributed by atoms with Crippen molar-refractivity contribution in [2.24, 2.45) is 0 Å². The molecule has 118 heavy (non-hydrogen) atoms. The molecule has 11 aromatic carbocycles. The summed E-state index contributed by atoms with van der Waals surface area (Å²) >= 11 is 14.7. The van der Waals surface area contributed by atoms with E-state index in [-0.39, 0.29) is 35.5 Å². The number of nitrogens with zero attached hydrogens (tertiary/aromatic N) is 6. The van der Waals surface area contributed by atoms with E-state index in [0.717, 1.165) is 157 Å². The average molecular weight is 1780 g/mol. The lowest BCUT2D eigenvalue weighted by atomic mass is 9.66. The van der Waals surface area contributed by atoms with Gasteiger partial charge in [0.05, 0.1) is 34.2 Å². The topological polar surface area (TPSA) is 77.3 Å². The van der Waals surface area contributed by atoms with Crippen molar-refractivity contribution < 1.29 is 0 Å². The van der Waals surface area contributed by atoms with E-state index in [1.54, 1.807) is 0 Å². The Bertz CT molecular complexity index is 5800. The van der Waals surface area contributed by atoms with Crippen LogP contribution < -0.4 is 0 Å². The maximum absolute atomic E-state index is 5.31. The molecule has 570 valence electrons. The van der Waals surface area contributed by atoms with Gasteiger partial charge in [0.15, 0.2) is 0 Å². The molecule has 0 amide bonds. The first-order valence-electron chi connectivity index (χ1n) is 40.5. The van der Waals surface area contributed by atoms with Crippen LogP contribution in [-0.2, 0) is 0 Å². The molecular formula is C108H80Br4N6. The Labute approximate surface area is 724 Å². The molecule has 0 radical (unpaired) electrons. The lowest BCUT2D eigenvalue weighted by Gasteiger charge is -2.38. The molecule has 6 nitrogen and oxygen atoms in total. The molecule has 0 N–H and O–H groups in total. The Morgan fingerprint density at radius 1 is 0.161 bits per heavy atom. The number of hydrogen-bond acceptors (Lipinski definition) is 6. The second kappa shape index (κ2) is 34.4. The van der Waals surface area contributed by atoms with Gasteiger partial charge in [-0.1, -0.05) is 312 Å². The normalized spacial score (nSPS) is 16.6. The zero-order valence-electron chi connectivity index (χ0n) is 64.7.